The lowest BCUT2D eigenvalue weighted by molar-refractivity contribution is -0.120. The third kappa shape index (κ3) is 5.98. The number of amides is 1. The molecule has 2 aromatic rings. The number of anilines is 1. The van der Waals surface area contributed by atoms with Gasteiger partial charge in [-0.2, -0.15) is 4.31 Å². The third-order valence-corrected chi connectivity index (χ3v) is 7.21. The number of nitrogens with one attached hydrogen (secondary N) is 2. The molecule has 7 nitrogen and oxygen atoms in total. The summed E-state index contributed by atoms with van der Waals surface area (Å²) in [6.45, 7) is 5.30. The van der Waals surface area contributed by atoms with Crippen molar-refractivity contribution in [3.63, 3.8) is 0 Å². The van der Waals surface area contributed by atoms with Gasteiger partial charge in [-0.25, -0.2) is 8.42 Å². The maximum absolute atomic E-state index is 13.0. The molecule has 1 unspecified atom stereocenters. The molecule has 3 rings (SSSR count). The molecule has 2 aromatic carbocycles. The first-order valence-corrected chi connectivity index (χ1v) is 12.2. The molecule has 0 aromatic heterocycles. The van der Waals surface area contributed by atoms with Crippen LogP contribution in [0.2, 0.25) is 0 Å². The first-order valence-electron chi connectivity index (χ1n) is 10.8. The minimum absolute atomic E-state index is 0.00443. The molecule has 168 valence electrons. The van der Waals surface area contributed by atoms with Gasteiger partial charge in [-0.15, -0.1) is 0 Å². The molecule has 8 heteroatoms. The molecule has 0 aliphatic carbocycles. The second-order valence-corrected chi connectivity index (χ2v) is 9.55. The average molecular weight is 446 g/mol. The van der Waals surface area contributed by atoms with Crippen LogP contribution in [0.3, 0.4) is 0 Å². The van der Waals surface area contributed by atoms with Crippen LogP contribution in [0.4, 0.5) is 5.69 Å². The summed E-state index contributed by atoms with van der Waals surface area (Å²) < 4.78 is 33.2. The topological polar surface area (TPSA) is 87.7 Å². The summed E-state index contributed by atoms with van der Waals surface area (Å²) in [5.41, 5.74) is 1.50. The van der Waals surface area contributed by atoms with Crippen molar-refractivity contribution in [2.75, 3.05) is 31.6 Å². The van der Waals surface area contributed by atoms with E-state index in [0.717, 1.165) is 24.8 Å². The van der Waals surface area contributed by atoms with E-state index in [9.17, 15) is 13.2 Å². The molecule has 0 saturated carbocycles. The Kier molecular flexibility index (Phi) is 7.92. The molecule has 0 radical (unpaired) electrons. The molecule has 2 N–H and O–H groups in total. The second-order valence-electron chi connectivity index (χ2n) is 7.61. The molecule has 1 amide bonds. The lowest BCUT2D eigenvalue weighted by atomic mass is 10.1. The summed E-state index contributed by atoms with van der Waals surface area (Å²) in [7, 11) is -3.57. The highest BCUT2D eigenvalue weighted by molar-refractivity contribution is 7.89. The van der Waals surface area contributed by atoms with E-state index in [0.29, 0.717) is 31.1 Å². The van der Waals surface area contributed by atoms with Gasteiger partial charge in [0.15, 0.2) is 0 Å². The zero-order valence-corrected chi connectivity index (χ0v) is 19.0. The van der Waals surface area contributed by atoms with Crippen LogP contribution in [0.25, 0.3) is 0 Å². The minimum Gasteiger partial charge on any atom is -0.492 e. The van der Waals surface area contributed by atoms with Crippen LogP contribution in [-0.4, -0.2) is 44.9 Å². The average Bonchev–Trinajstić information content (AvgIpc) is 2.79. The smallest absolute Gasteiger partial charge is 0.243 e. The molecule has 1 aliphatic rings. The fourth-order valence-corrected chi connectivity index (χ4v) is 5.18. The Labute approximate surface area is 184 Å². The number of carbonyl (C=O) groups is 1. The van der Waals surface area contributed by atoms with Gasteiger partial charge in [-0.3, -0.25) is 4.79 Å². The first kappa shape index (κ1) is 23.1. The second kappa shape index (κ2) is 10.6. The van der Waals surface area contributed by atoms with Crippen molar-refractivity contribution >= 4 is 21.6 Å². The predicted molar refractivity (Wildman–Crippen MR) is 122 cm³/mol. The zero-order valence-electron chi connectivity index (χ0n) is 18.1. The van der Waals surface area contributed by atoms with E-state index in [-0.39, 0.29) is 23.4 Å². The lowest BCUT2D eigenvalue weighted by Gasteiger charge is -2.26. The zero-order chi connectivity index (χ0) is 22.3. The van der Waals surface area contributed by atoms with Gasteiger partial charge >= 0.3 is 0 Å². The van der Waals surface area contributed by atoms with Crippen molar-refractivity contribution in [3.8, 4) is 5.75 Å². The highest BCUT2D eigenvalue weighted by atomic mass is 32.2. The Morgan fingerprint density at radius 1 is 1.10 bits per heavy atom. The number of hydrogen-bond acceptors (Lipinski definition) is 5. The molecule has 1 aliphatic heterocycles. The molecule has 1 fully saturated rings. The number of ether oxygens (including phenoxy) is 1. The Hall–Kier alpha value is -2.58. The van der Waals surface area contributed by atoms with Crippen LogP contribution >= 0.6 is 0 Å². The summed E-state index contributed by atoms with van der Waals surface area (Å²) >= 11 is 0. The monoisotopic (exact) mass is 445 g/mol. The molecule has 0 spiro atoms. The maximum atomic E-state index is 13.0. The van der Waals surface area contributed by atoms with Crippen LogP contribution in [0, 0.1) is 0 Å². The van der Waals surface area contributed by atoms with E-state index in [1.165, 1.54) is 4.31 Å². The molecule has 31 heavy (non-hydrogen) atoms. The highest BCUT2D eigenvalue weighted by Crippen LogP contribution is 2.30. The standard InChI is InChI=1S/C23H31N3O4S/c1-3-30-22-13-12-20(31(28,29)26-14-8-5-9-15-26)16-21(22)24-17-23(27)25-18(2)19-10-6-4-7-11-19/h4,6-7,10-13,16,18,24H,3,5,8-9,14-15,17H2,1-2H3,(H,25,27). The van der Waals surface area contributed by atoms with E-state index in [2.05, 4.69) is 10.6 Å². The summed E-state index contributed by atoms with van der Waals surface area (Å²) in [6, 6.07) is 14.3. The van der Waals surface area contributed by atoms with Crippen LogP contribution in [-0.2, 0) is 14.8 Å². The van der Waals surface area contributed by atoms with E-state index in [4.69, 9.17) is 4.74 Å². The first-order chi connectivity index (χ1) is 14.9. The van der Waals surface area contributed by atoms with Crippen LogP contribution < -0.4 is 15.4 Å². The van der Waals surface area contributed by atoms with Crippen molar-refractivity contribution in [1.82, 2.24) is 9.62 Å². The Bertz CT molecular complexity index is 974. The van der Waals surface area contributed by atoms with E-state index >= 15 is 0 Å². The van der Waals surface area contributed by atoms with Gasteiger partial charge in [0.05, 0.1) is 29.8 Å². The number of hydrogen-bond donors (Lipinski definition) is 2. The predicted octanol–water partition coefficient (Wildman–Crippen LogP) is 3.55. The summed E-state index contributed by atoms with van der Waals surface area (Å²) in [5, 5.41) is 6.00. The normalized spacial score (nSPS) is 15.8. The van der Waals surface area contributed by atoms with Gasteiger partial charge in [-0.1, -0.05) is 36.8 Å². The molecule has 0 bridgehead atoms. The van der Waals surface area contributed by atoms with Crippen molar-refractivity contribution in [2.45, 2.75) is 44.0 Å². The number of rotatable bonds is 9. The van der Waals surface area contributed by atoms with Gasteiger partial charge in [0.2, 0.25) is 15.9 Å². The quantitative estimate of drug-likeness (QED) is 0.616. The number of carbonyl (C=O) groups excluding carboxylic acids is 1. The van der Waals surface area contributed by atoms with Gasteiger partial charge in [0.25, 0.3) is 0 Å². The van der Waals surface area contributed by atoms with E-state index < -0.39 is 10.0 Å². The maximum Gasteiger partial charge on any atom is 0.243 e. The summed E-state index contributed by atoms with van der Waals surface area (Å²) in [4.78, 5) is 12.7. The number of benzene rings is 2. The van der Waals surface area contributed by atoms with Crippen molar-refractivity contribution in [3.05, 3.63) is 54.1 Å². The van der Waals surface area contributed by atoms with Crippen LogP contribution in [0.1, 0.15) is 44.7 Å². The van der Waals surface area contributed by atoms with Crippen molar-refractivity contribution in [2.24, 2.45) is 0 Å². The van der Waals surface area contributed by atoms with Gasteiger partial charge in [0, 0.05) is 13.1 Å². The number of piperidine rings is 1. The highest BCUT2D eigenvalue weighted by Gasteiger charge is 2.26. The van der Waals surface area contributed by atoms with Gasteiger partial charge in [0.1, 0.15) is 5.75 Å². The van der Waals surface area contributed by atoms with Crippen LogP contribution in [0.5, 0.6) is 5.75 Å². The van der Waals surface area contributed by atoms with Crippen molar-refractivity contribution < 1.29 is 17.9 Å². The molecule has 1 heterocycles. The minimum atomic E-state index is -3.57. The molecule has 1 saturated heterocycles. The summed E-state index contributed by atoms with van der Waals surface area (Å²) in [5.74, 6) is 0.326. The largest absolute Gasteiger partial charge is 0.492 e. The number of sulfonamides is 1. The summed E-state index contributed by atoms with van der Waals surface area (Å²) in [6.07, 6.45) is 2.81. The Morgan fingerprint density at radius 3 is 2.48 bits per heavy atom. The molecule has 1 atom stereocenters. The number of nitrogens with zero attached hydrogens (tertiary/aromatic N) is 1. The van der Waals surface area contributed by atoms with Crippen molar-refractivity contribution in [1.29, 1.82) is 0 Å². The third-order valence-electron chi connectivity index (χ3n) is 5.32. The molecular formula is C23H31N3O4S. The Morgan fingerprint density at radius 2 is 1.81 bits per heavy atom. The Balaban J connectivity index is 1.71. The fraction of sp³-hybridized carbons (Fsp3) is 0.435. The van der Waals surface area contributed by atoms with Gasteiger partial charge < -0.3 is 15.4 Å². The lowest BCUT2D eigenvalue weighted by Crippen LogP contribution is -2.35. The SMILES string of the molecule is CCOc1ccc(S(=O)(=O)N2CCCCC2)cc1NCC(=O)NC(C)c1ccccc1. The molecular weight excluding hydrogens is 414 g/mol. The fourth-order valence-electron chi connectivity index (χ4n) is 3.64. The van der Waals surface area contributed by atoms with E-state index in [1.807, 2.05) is 44.2 Å². The van der Waals surface area contributed by atoms with E-state index in [1.54, 1.807) is 18.2 Å². The van der Waals surface area contributed by atoms with Crippen LogP contribution in [0.15, 0.2) is 53.4 Å². The van der Waals surface area contributed by atoms with Gasteiger partial charge in [-0.05, 0) is 50.5 Å².